The van der Waals surface area contributed by atoms with Gasteiger partial charge in [-0.25, -0.2) is 0 Å². The Bertz CT molecular complexity index is 431. The van der Waals surface area contributed by atoms with Crippen LogP contribution >= 0.6 is 0 Å². The Morgan fingerprint density at radius 1 is 1.37 bits per heavy atom. The van der Waals surface area contributed by atoms with Crippen molar-refractivity contribution in [1.82, 2.24) is 5.32 Å². The van der Waals surface area contributed by atoms with Crippen LogP contribution in [0.3, 0.4) is 0 Å². The molecule has 2 nitrogen and oxygen atoms in total. The fraction of sp³-hybridized carbons (Fsp3) is 0.647. The van der Waals surface area contributed by atoms with Crippen LogP contribution in [0.25, 0.3) is 0 Å². The van der Waals surface area contributed by atoms with Crippen LogP contribution < -0.4 is 5.32 Å². The van der Waals surface area contributed by atoms with E-state index >= 15 is 0 Å². The summed E-state index contributed by atoms with van der Waals surface area (Å²) in [6.07, 6.45) is 4.16. The summed E-state index contributed by atoms with van der Waals surface area (Å²) in [6, 6.07) is 9.52. The number of benzene rings is 1. The zero-order valence-electron chi connectivity index (χ0n) is 12.1. The predicted octanol–water partition coefficient (Wildman–Crippen LogP) is 3.12. The molecule has 3 rings (SSSR count). The van der Waals surface area contributed by atoms with Gasteiger partial charge in [0.15, 0.2) is 0 Å². The van der Waals surface area contributed by atoms with Crippen LogP contribution in [0.4, 0.5) is 0 Å². The van der Waals surface area contributed by atoms with Crippen molar-refractivity contribution in [1.29, 1.82) is 0 Å². The molecule has 1 N–H and O–H groups in total. The van der Waals surface area contributed by atoms with Crippen molar-refractivity contribution in [3.63, 3.8) is 0 Å². The van der Waals surface area contributed by atoms with Crippen molar-refractivity contribution in [2.75, 3.05) is 13.2 Å². The number of ether oxygens (including phenoxy) is 1. The normalized spacial score (nSPS) is 30.7. The molecule has 1 fully saturated rings. The minimum Gasteiger partial charge on any atom is -0.378 e. The molecule has 1 heterocycles. The van der Waals surface area contributed by atoms with E-state index in [0.717, 1.165) is 19.1 Å². The SMILES string of the molecule is CCNC(CC1Cc2ccccc21)C1CCOC1C. The molecular weight excluding hydrogens is 234 g/mol. The van der Waals surface area contributed by atoms with E-state index in [4.69, 9.17) is 4.74 Å². The van der Waals surface area contributed by atoms with E-state index in [1.165, 1.54) is 19.3 Å². The van der Waals surface area contributed by atoms with Crippen molar-refractivity contribution in [2.24, 2.45) is 5.92 Å². The zero-order valence-corrected chi connectivity index (χ0v) is 12.1. The molecule has 2 heteroatoms. The topological polar surface area (TPSA) is 21.3 Å². The van der Waals surface area contributed by atoms with Gasteiger partial charge in [0.2, 0.25) is 0 Å². The third kappa shape index (κ3) is 2.56. The van der Waals surface area contributed by atoms with E-state index in [-0.39, 0.29) is 0 Å². The molecule has 0 radical (unpaired) electrons. The first-order chi connectivity index (χ1) is 9.29. The van der Waals surface area contributed by atoms with Gasteiger partial charge in [-0.05, 0) is 49.8 Å². The maximum Gasteiger partial charge on any atom is 0.0590 e. The molecule has 1 saturated heterocycles. The van der Waals surface area contributed by atoms with Crippen molar-refractivity contribution >= 4 is 0 Å². The summed E-state index contributed by atoms with van der Waals surface area (Å²) in [5.74, 6) is 1.45. The van der Waals surface area contributed by atoms with Gasteiger partial charge >= 0.3 is 0 Å². The van der Waals surface area contributed by atoms with E-state index in [1.807, 2.05) is 0 Å². The maximum absolute atomic E-state index is 5.76. The molecular formula is C17H25NO. The van der Waals surface area contributed by atoms with Crippen LogP contribution in [0.2, 0.25) is 0 Å². The van der Waals surface area contributed by atoms with Gasteiger partial charge < -0.3 is 10.1 Å². The average molecular weight is 259 g/mol. The lowest BCUT2D eigenvalue weighted by Crippen LogP contribution is -2.41. The first kappa shape index (κ1) is 13.1. The summed E-state index contributed by atoms with van der Waals surface area (Å²) in [5, 5.41) is 3.70. The molecule has 1 aliphatic heterocycles. The van der Waals surface area contributed by atoms with E-state index in [9.17, 15) is 0 Å². The Kier molecular flexibility index (Phi) is 3.90. The largest absolute Gasteiger partial charge is 0.378 e. The molecule has 1 aromatic carbocycles. The van der Waals surface area contributed by atoms with Gasteiger partial charge in [0.1, 0.15) is 0 Å². The standard InChI is InChI=1S/C17H25NO/c1-3-18-17(15-8-9-19-12(15)2)11-14-10-13-6-4-5-7-16(13)14/h4-7,12,14-15,17-18H,3,8-11H2,1-2H3. The van der Waals surface area contributed by atoms with Gasteiger partial charge in [0.05, 0.1) is 6.10 Å². The lowest BCUT2D eigenvalue weighted by Gasteiger charge is -2.36. The zero-order chi connectivity index (χ0) is 13.2. The summed E-state index contributed by atoms with van der Waals surface area (Å²) < 4.78 is 5.76. The van der Waals surface area contributed by atoms with Crippen LogP contribution in [0.15, 0.2) is 24.3 Å². The van der Waals surface area contributed by atoms with E-state index in [1.54, 1.807) is 11.1 Å². The van der Waals surface area contributed by atoms with Crippen LogP contribution in [0.1, 0.15) is 43.7 Å². The lowest BCUT2D eigenvalue weighted by molar-refractivity contribution is 0.0931. The molecule has 104 valence electrons. The van der Waals surface area contributed by atoms with Gasteiger partial charge in [-0.1, -0.05) is 31.2 Å². The first-order valence-corrected chi connectivity index (χ1v) is 7.72. The molecule has 4 atom stereocenters. The molecule has 4 unspecified atom stereocenters. The molecule has 0 aromatic heterocycles. The van der Waals surface area contributed by atoms with Gasteiger partial charge in [0.25, 0.3) is 0 Å². The van der Waals surface area contributed by atoms with Crippen LogP contribution in [-0.4, -0.2) is 25.3 Å². The van der Waals surface area contributed by atoms with E-state index in [2.05, 4.69) is 43.4 Å². The van der Waals surface area contributed by atoms with Gasteiger partial charge in [-0.3, -0.25) is 0 Å². The lowest BCUT2D eigenvalue weighted by atomic mass is 9.72. The molecule has 1 aromatic rings. The second kappa shape index (κ2) is 5.64. The molecule has 0 saturated carbocycles. The fourth-order valence-corrected chi connectivity index (χ4v) is 3.83. The Balaban J connectivity index is 1.66. The van der Waals surface area contributed by atoms with Gasteiger partial charge in [-0.2, -0.15) is 0 Å². The number of nitrogens with one attached hydrogen (secondary N) is 1. The van der Waals surface area contributed by atoms with Crippen molar-refractivity contribution in [3.05, 3.63) is 35.4 Å². The second-order valence-corrected chi connectivity index (χ2v) is 6.03. The van der Waals surface area contributed by atoms with E-state index < -0.39 is 0 Å². The van der Waals surface area contributed by atoms with Crippen LogP contribution in [0.5, 0.6) is 0 Å². The van der Waals surface area contributed by atoms with Gasteiger partial charge in [-0.15, -0.1) is 0 Å². The van der Waals surface area contributed by atoms with Gasteiger partial charge in [0, 0.05) is 18.6 Å². The fourth-order valence-electron chi connectivity index (χ4n) is 3.83. The molecule has 0 bridgehead atoms. The highest BCUT2D eigenvalue weighted by Gasteiger charge is 2.35. The molecule has 0 spiro atoms. The second-order valence-electron chi connectivity index (χ2n) is 6.03. The Morgan fingerprint density at radius 2 is 2.21 bits per heavy atom. The van der Waals surface area contributed by atoms with Crippen molar-refractivity contribution in [2.45, 2.75) is 51.2 Å². The number of hydrogen-bond donors (Lipinski definition) is 1. The van der Waals surface area contributed by atoms with Crippen molar-refractivity contribution < 1.29 is 4.74 Å². The summed E-state index contributed by atoms with van der Waals surface area (Å²) >= 11 is 0. The predicted molar refractivity (Wildman–Crippen MR) is 78.5 cm³/mol. The average Bonchev–Trinajstić information content (AvgIpc) is 2.81. The van der Waals surface area contributed by atoms with Crippen molar-refractivity contribution in [3.8, 4) is 0 Å². The monoisotopic (exact) mass is 259 g/mol. The number of hydrogen-bond acceptors (Lipinski definition) is 2. The summed E-state index contributed by atoms with van der Waals surface area (Å²) in [4.78, 5) is 0. The third-order valence-electron chi connectivity index (χ3n) is 4.92. The maximum atomic E-state index is 5.76. The molecule has 0 amide bonds. The summed E-state index contributed by atoms with van der Waals surface area (Å²) in [7, 11) is 0. The molecule has 1 aliphatic carbocycles. The highest BCUT2D eigenvalue weighted by atomic mass is 16.5. The first-order valence-electron chi connectivity index (χ1n) is 7.72. The highest BCUT2D eigenvalue weighted by Crippen LogP contribution is 2.40. The smallest absolute Gasteiger partial charge is 0.0590 e. The van der Waals surface area contributed by atoms with E-state index in [0.29, 0.717) is 18.1 Å². The Morgan fingerprint density at radius 3 is 2.89 bits per heavy atom. The Labute approximate surface area is 116 Å². The minimum absolute atomic E-state index is 0.416. The molecule has 2 aliphatic rings. The summed E-state index contributed by atoms with van der Waals surface area (Å²) in [6.45, 7) is 6.44. The Hall–Kier alpha value is -0.860. The highest BCUT2D eigenvalue weighted by molar-refractivity contribution is 5.40. The quantitative estimate of drug-likeness (QED) is 0.877. The minimum atomic E-state index is 0.416. The van der Waals surface area contributed by atoms with Crippen LogP contribution in [0, 0.1) is 5.92 Å². The third-order valence-corrected chi connectivity index (χ3v) is 4.92. The summed E-state index contributed by atoms with van der Waals surface area (Å²) in [5.41, 5.74) is 3.13. The number of fused-ring (bicyclic) bond motifs is 1. The number of rotatable bonds is 5. The molecule has 19 heavy (non-hydrogen) atoms. The van der Waals surface area contributed by atoms with Crippen LogP contribution in [-0.2, 0) is 11.2 Å².